The van der Waals surface area contributed by atoms with Gasteiger partial charge in [-0.15, -0.1) is 0 Å². The van der Waals surface area contributed by atoms with Crippen LogP contribution in [0.4, 0.5) is 0 Å². The maximum atomic E-state index is 11.5. The first-order valence-corrected chi connectivity index (χ1v) is 7.92. The van der Waals surface area contributed by atoms with Crippen molar-refractivity contribution in [2.75, 3.05) is 0 Å². The summed E-state index contributed by atoms with van der Waals surface area (Å²) in [5.74, 6) is -0.585. The summed E-state index contributed by atoms with van der Waals surface area (Å²) >= 11 is 0. The fourth-order valence-electron chi connectivity index (χ4n) is 1.17. The lowest BCUT2D eigenvalue weighted by molar-refractivity contribution is -0.138. The second-order valence-electron chi connectivity index (χ2n) is 4.37. The van der Waals surface area contributed by atoms with Gasteiger partial charge in [-0.3, -0.25) is 9.59 Å². The molecule has 0 aromatic rings. The second-order valence-corrected chi connectivity index (χ2v) is 8.80. The minimum absolute atomic E-state index is 0.248. The van der Waals surface area contributed by atoms with Gasteiger partial charge >= 0.3 is 5.97 Å². The van der Waals surface area contributed by atoms with Crippen molar-refractivity contribution < 1.29 is 14.0 Å². The Morgan fingerprint density at radius 3 is 2.50 bits per heavy atom. The summed E-state index contributed by atoms with van der Waals surface area (Å²) in [4.78, 5) is 22.6. The number of rotatable bonds is 2. The third kappa shape index (κ3) is 2.70. The van der Waals surface area contributed by atoms with Gasteiger partial charge in [-0.05, 0) is 19.6 Å². The van der Waals surface area contributed by atoms with E-state index >= 15 is 0 Å². The zero-order chi connectivity index (χ0) is 10.9. The van der Waals surface area contributed by atoms with Crippen LogP contribution in [0.3, 0.4) is 0 Å². The van der Waals surface area contributed by atoms with Crippen molar-refractivity contribution in [3.8, 4) is 0 Å². The molecule has 0 aromatic heterocycles. The summed E-state index contributed by atoms with van der Waals surface area (Å²) in [6.07, 6.45) is 0.363. The van der Waals surface area contributed by atoms with E-state index in [0.717, 1.165) is 0 Å². The number of nitrogens with one attached hydrogen (secondary N) is 1. The molecule has 1 fully saturated rings. The van der Waals surface area contributed by atoms with Crippen LogP contribution in [0.2, 0.25) is 19.6 Å². The van der Waals surface area contributed by atoms with E-state index in [-0.39, 0.29) is 11.9 Å². The fourth-order valence-corrected chi connectivity index (χ4v) is 1.91. The van der Waals surface area contributed by atoms with Crippen molar-refractivity contribution >= 4 is 20.2 Å². The maximum absolute atomic E-state index is 11.5. The Bertz CT molecular complexity index is 277. The van der Waals surface area contributed by atoms with E-state index in [0.29, 0.717) is 12.0 Å². The molecule has 1 amide bonds. The van der Waals surface area contributed by atoms with Gasteiger partial charge < -0.3 is 9.74 Å². The molecule has 0 bridgehead atoms. The molecule has 1 atom stereocenters. The molecule has 0 radical (unpaired) electrons. The van der Waals surface area contributed by atoms with Crippen molar-refractivity contribution in [3.63, 3.8) is 0 Å². The summed E-state index contributed by atoms with van der Waals surface area (Å²) in [6, 6.07) is -0.526. The molecular formula is C9H15NO3Si. The molecule has 1 N–H and O–H groups in total. The van der Waals surface area contributed by atoms with E-state index in [1.165, 1.54) is 0 Å². The molecule has 1 rings (SSSR count). The molecule has 0 spiro atoms. The van der Waals surface area contributed by atoms with E-state index < -0.39 is 14.4 Å². The van der Waals surface area contributed by atoms with Crippen molar-refractivity contribution in [1.82, 2.24) is 5.32 Å². The number of carbonyl (C=O) groups is 2. The quantitative estimate of drug-likeness (QED) is 0.545. The highest BCUT2D eigenvalue weighted by Gasteiger charge is 2.33. The predicted octanol–water partition coefficient (Wildman–Crippen LogP) is 0.809. The van der Waals surface area contributed by atoms with Gasteiger partial charge in [0.15, 0.2) is 0 Å². The van der Waals surface area contributed by atoms with E-state index in [1.807, 2.05) is 19.6 Å². The molecule has 78 valence electrons. The van der Waals surface area contributed by atoms with Gasteiger partial charge in [0, 0.05) is 12.0 Å². The van der Waals surface area contributed by atoms with Gasteiger partial charge in [0.25, 0.3) is 0 Å². The van der Waals surface area contributed by atoms with Gasteiger partial charge in [-0.2, -0.15) is 0 Å². The Balaban J connectivity index is 2.56. The van der Waals surface area contributed by atoms with Crippen LogP contribution in [0.1, 0.15) is 6.42 Å². The number of amides is 1. The normalized spacial score (nSPS) is 22.1. The molecular weight excluding hydrogens is 198 g/mol. The minimum Gasteiger partial charge on any atom is -0.518 e. The highest BCUT2D eigenvalue weighted by molar-refractivity contribution is 6.71. The van der Waals surface area contributed by atoms with Gasteiger partial charge in [0.05, 0.1) is 0 Å². The Kier molecular flexibility index (Phi) is 2.80. The molecule has 1 aliphatic rings. The first kappa shape index (κ1) is 11.0. The fraction of sp³-hybridized carbons (Fsp3) is 0.556. The molecule has 14 heavy (non-hydrogen) atoms. The average molecular weight is 213 g/mol. The largest absolute Gasteiger partial charge is 0.518 e. The first-order chi connectivity index (χ1) is 6.29. The Morgan fingerprint density at radius 2 is 2.14 bits per heavy atom. The molecule has 0 saturated carbocycles. The van der Waals surface area contributed by atoms with E-state index in [9.17, 15) is 9.59 Å². The van der Waals surface area contributed by atoms with E-state index in [4.69, 9.17) is 4.43 Å². The van der Waals surface area contributed by atoms with E-state index in [2.05, 4.69) is 11.9 Å². The molecule has 0 aliphatic carbocycles. The zero-order valence-corrected chi connectivity index (χ0v) is 9.72. The SMILES string of the molecule is C=C1C[C@H](C(=O)O[Si](C)(C)C)NC1=O. The molecule has 1 saturated heterocycles. The lowest BCUT2D eigenvalue weighted by Crippen LogP contribution is -2.40. The van der Waals surface area contributed by atoms with Gasteiger partial charge in [0.2, 0.25) is 14.2 Å². The topological polar surface area (TPSA) is 55.4 Å². The predicted molar refractivity (Wildman–Crippen MR) is 55.1 cm³/mol. The maximum Gasteiger partial charge on any atom is 0.315 e. The van der Waals surface area contributed by atoms with Crippen LogP contribution in [0.25, 0.3) is 0 Å². The standard InChI is InChI=1S/C9H15NO3Si/c1-6-5-7(10-8(6)11)9(12)13-14(2,3)4/h7H,1,5H2,2-4H3,(H,10,11)/t7-/m1/s1. The van der Waals surface area contributed by atoms with Gasteiger partial charge in [-0.1, -0.05) is 6.58 Å². The Morgan fingerprint density at radius 1 is 1.57 bits per heavy atom. The summed E-state index contributed by atoms with van der Waals surface area (Å²) in [5.41, 5.74) is 0.447. The van der Waals surface area contributed by atoms with Gasteiger partial charge in [0.1, 0.15) is 6.04 Å². The Labute approximate surface area is 84.5 Å². The highest BCUT2D eigenvalue weighted by atomic mass is 28.4. The van der Waals surface area contributed by atoms with Crippen LogP contribution >= 0.6 is 0 Å². The second kappa shape index (κ2) is 3.57. The number of hydrogen-bond donors (Lipinski definition) is 1. The average Bonchev–Trinajstić information content (AvgIpc) is 2.28. The van der Waals surface area contributed by atoms with Gasteiger partial charge in [-0.25, -0.2) is 0 Å². The zero-order valence-electron chi connectivity index (χ0n) is 8.72. The van der Waals surface area contributed by atoms with Crippen LogP contribution in [0.5, 0.6) is 0 Å². The molecule has 0 aromatic carbocycles. The van der Waals surface area contributed by atoms with Crippen LogP contribution in [-0.2, 0) is 14.0 Å². The lowest BCUT2D eigenvalue weighted by atomic mass is 10.2. The monoisotopic (exact) mass is 213 g/mol. The lowest BCUT2D eigenvalue weighted by Gasteiger charge is -2.19. The minimum atomic E-state index is -1.86. The summed E-state index contributed by atoms with van der Waals surface area (Å²) in [7, 11) is -1.86. The summed E-state index contributed by atoms with van der Waals surface area (Å²) in [6.45, 7) is 9.34. The third-order valence-corrected chi connectivity index (χ3v) is 2.58. The van der Waals surface area contributed by atoms with Crippen LogP contribution < -0.4 is 5.32 Å². The van der Waals surface area contributed by atoms with Crippen molar-refractivity contribution in [3.05, 3.63) is 12.2 Å². The molecule has 5 heteroatoms. The van der Waals surface area contributed by atoms with Crippen molar-refractivity contribution in [1.29, 1.82) is 0 Å². The van der Waals surface area contributed by atoms with E-state index in [1.54, 1.807) is 0 Å². The molecule has 0 unspecified atom stereocenters. The highest BCUT2D eigenvalue weighted by Crippen LogP contribution is 2.15. The number of hydrogen-bond acceptors (Lipinski definition) is 3. The summed E-state index contributed by atoms with van der Waals surface area (Å²) < 4.78 is 5.26. The third-order valence-electron chi connectivity index (χ3n) is 1.77. The van der Waals surface area contributed by atoms with Crippen molar-refractivity contribution in [2.45, 2.75) is 32.1 Å². The summed E-state index contributed by atoms with van der Waals surface area (Å²) in [5, 5.41) is 2.54. The van der Waals surface area contributed by atoms with Crippen LogP contribution in [0, 0.1) is 0 Å². The molecule has 4 nitrogen and oxygen atoms in total. The van der Waals surface area contributed by atoms with Crippen LogP contribution in [-0.4, -0.2) is 26.2 Å². The van der Waals surface area contributed by atoms with Crippen LogP contribution in [0.15, 0.2) is 12.2 Å². The number of carbonyl (C=O) groups excluding carboxylic acids is 2. The molecule has 1 heterocycles. The first-order valence-electron chi connectivity index (χ1n) is 4.51. The van der Waals surface area contributed by atoms with Crippen molar-refractivity contribution in [2.24, 2.45) is 0 Å². The smallest absolute Gasteiger partial charge is 0.315 e. The Hall–Kier alpha value is -1.10. The molecule has 1 aliphatic heterocycles.